The first-order chi connectivity index (χ1) is 13.0. The van der Waals surface area contributed by atoms with E-state index in [1.54, 1.807) is 24.3 Å². The lowest BCUT2D eigenvalue weighted by atomic mass is 9.80. The summed E-state index contributed by atoms with van der Waals surface area (Å²) in [5.74, 6) is -1.19. The highest BCUT2D eigenvalue weighted by atomic mass is 16.6. The maximum atomic E-state index is 12.7. The molecule has 1 heterocycles. The first-order valence-electron chi connectivity index (χ1n) is 8.51. The van der Waals surface area contributed by atoms with Crippen LogP contribution in [0.2, 0.25) is 0 Å². The Morgan fingerprint density at radius 1 is 1.26 bits per heavy atom. The Kier molecular flexibility index (Phi) is 5.21. The standard InChI is InChI=1S/C20H20N2O5/c1-14-8-10-15(11-9-14)17(12-22(24)25)20(19(23)26-2)13-27-18(21-20)16-6-4-3-5-7-16/h3-11,17H,12-13H2,1-2H3/t17-,20-/m0/s1. The molecule has 3 rings (SSSR count). The molecule has 2 aromatic rings. The molecular formula is C20H20N2O5. The predicted molar refractivity (Wildman–Crippen MR) is 99.5 cm³/mol. The lowest BCUT2D eigenvalue weighted by molar-refractivity contribution is -0.484. The van der Waals surface area contributed by atoms with Crippen LogP contribution in [0.25, 0.3) is 0 Å². The van der Waals surface area contributed by atoms with E-state index >= 15 is 0 Å². The number of rotatable bonds is 6. The molecule has 0 bridgehead atoms. The molecule has 27 heavy (non-hydrogen) atoms. The monoisotopic (exact) mass is 368 g/mol. The summed E-state index contributed by atoms with van der Waals surface area (Å²) in [7, 11) is 1.25. The first kappa shape index (κ1) is 18.6. The van der Waals surface area contributed by atoms with E-state index in [0.29, 0.717) is 11.1 Å². The molecule has 0 saturated heterocycles. The van der Waals surface area contributed by atoms with Crippen LogP contribution in [0, 0.1) is 17.0 Å². The van der Waals surface area contributed by atoms with Gasteiger partial charge >= 0.3 is 5.97 Å². The number of ether oxygens (including phenoxy) is 2. The number of esters is 1. The van der Waals surface area contributed by atoms with Crippen molar-refractivity contribution in [2.45, 2.75) is 18.4 Å². The Labute approximate surface area is 156 Å². The molecule has 7 nitrogen and oxygen atoms in total. The van der Waals surface area contributed by atoms with Crippen LogP contribution in [0.5, 0.6) is 0 Å². The fraction of sp³-hybridized carbons (Fsp3) is 0.300. The number of nitrogens with zero attached hydrogens (tertiary/aromatic N) is 2. The molecule has 0 N–H and O–H groups in total. The van der Waals surface area contributed by atoms with Crippen molar-refractivity contribution in [3.05, 3.63) is 81.4 Å². The molecule has 0 radical (unpaired) electrons. The Morgan fingerprint density at radius 2 is 1.93 bits per heavy atom. The second kappa shape index (κ2) is 7.57. The van der Waals surface area contributed by atoms with Crippen LogP contribution in [0.3, 0.4) is 0 Å². The van der Waals surface area contributed by atoms with Gasteiger partial charge in [0.25, 0.3) is 0 Å². The van der Waals surface area contributed by atoms with E-state index in [1.165, 1.54) is 7.11 Å². The normalized spacial score (nSPS) is 19.7. The van der Waals surface area contributed by atoms with Crippen molar-refractivity contribution in [2.75, 3.05) is 20.3 Å². The summed E-state index contributed by atoms with van der Waals surface area (Å²) >= 11 is 0. The van der Waals surface area contributed by atoms with Gasteiger partial charge in [-0.05, 0) is 24.6 Å². The maximum Gasteiger partial charge on any atom is 0.338 e. The van der Waals surface area contributed by atoms with Gasteiger partial charge < -0.3 is 9.47 Å². The van der Waals surface area contributed by atoms with Gasteiger partial charge in [0.1, 0.15) is 6.61 Å². The van der Waals surface area contributed by atoms with Crippen LogP contribution in [0.4, 0.5) is 0 Å². The smallest absolute Gasteiger partial charge is 0.338 e. The number of nitro groups is 1. The number of hydrogen-bond acceptors (Lipinski definition) is 6. The lowest BCUT2D eigenvalue weighted by Gasteiger charge is -2.28. The van der Waals surface area contributed by atoms with Crippen LogP contribution in [0.1, 0.15) is 22.6 Å². The minimum atomic E-state index is -1.51. The minimum Gasteiger partial charge on any atom is -0.474 e. The van der Waals surface area contributed by atoms with E-state index in [2.05, 4.69) is 4.99 Å². The average Bonchev–Trinajstić information content (AvgIpc) is 3.13. The molecule has 0 spiro atoms. The Hall–Kier alpha value is -3.22. The van der Waals surface area contributed by atoms with E-state index in [1.807, 2.05) is 37.3 Å². The van der Waals surface area contributed by atoms with Gasteiger partial charge in [-0.1, -0.05) is 48.0 Å². The molecule has 1 aliphatic rings. The summed E-state index contributed by atoms with van der Waals surface area (Å²) in [6.07, 6.45) is 0. The van der Waals surface area contributed by atoms with E-state index in [0.717, 1.165) is 5.56 Å². The van der Waals surface area contributed by atoms with Gasteiger partial charge in [-0.25, -0.2) is 9.79 Å². The van der Waals surface area contributed by atoms with Crippen molar-refractivity contribution in [3.8, 4) is 0 Å². The molecule has 0 fully saturated rings. The zero-order chi connectivity index (χ0) is 19.4. The molecule has 0 aromatic heterocycles. The number of benzene rings is 2. The molecule has 0 saturated carbocycles. The summed E-state index contributed by atoms with van der Waals surface area (Å²) in [4.78, 5) is 28.2. The van der Waals surface area contributed by atoms with Gasteiger partial charge in [0.15, 0.2) is 0 Å². The number of aryl methyl sites for hydroxylation is 1. The summed E-state index contributed by atoms with van der Waals surface area (Å²) in [6.45, 7) is 1.34. The predicted octanol–water partition coefficient (Wildman–Crippen LogP) is 2.74. The first-order valence-corrected chi connectivity index (χ1v) is 8.51. The van der Waals surface area contributed by atoms with Gasteiger partial charge in [0, 0.05) is 10.5 Å². The fourth-order valence-electron chi connectivity index (χ4n) is 3.23. The van der Waals surface area contributed by atoms with Crippen molar-refractivity contribution in [1.29, 1.82) is 0 Å². The van der Waals surface area contributed by atoms with Gasteiger partial charge in [-0.2, -0.15) is 0 Å². The number of hydrogen-bond donors (Lipinski definition) is 0. The van der Waals surface area contributed by atoms with Crippen molar-refractivity contribution in [1.82, 2.24) is 0 Å². The number of carbonyl (C=O) groups is 1. The third-order valence-corrected chi connectivity index (χ3v) is 4.68. The van der Waals surface area contributed by atoms with Gasteiger partial charge in [0.2, 0.25) is 18.0 Å². The zero-order valence-electron chi connectivity index (χ0n) is 15.1. The van der Waals surface area contributed by atoms with Crippen molar-refractivity contribution in [3.63, 3.8) is 0 Å². The molecule has 0 aliphatic carbocycles. The zero-order valence-corrected chi connectivity index (χ0v) is 15.1. The highest BCUT2D eigenvalue weighted by Crippen LogP contribution is 2.38. The Morgan fingerprint density at radius 3 is 2.52 bits per heavy atom. The number of aliphatic imine (C=N–C) groups is 1. The third kappa shape index (κ3) is 3.67. The quantitative estimate of drug-likeness (QED) is 0.444. The topological polar surface area (TPSA) is 91.0 Å². The molecular weight excluding hydrogens is 348 g/mol. The van der Waals surface area contributed by atoms with Gasteiger partial charge in [0.05, 0.1) is 13.0 Å². The van der Waals surface area contributed by atoms with E-state index in [-0.39, 0.29) is 12.5 Å². The van der Waals surface area contributed by atoms with Crippen LogP contribution in [0.15, 0.2) is 59.6 Å². The SMILES string of the molecule is COC(=O)[C@@]1([C@@H](C[N+](=O)[O-])c2ccc(C)cc2)COC(c2ccccc2)=N1. The lowest BCUT2D eigenvalue weighted by Crippen LogP contribution is -2.47. The van der Waals surface area contributed by atoms with Gasteiger partial charge in [-0.3, -0.25) is 10.1 Å². The summed E-state index contributed by atoms with van der Waals surface area (Å²) in [5, 5.41) is 11.4. The van der Waals surface area contributed by atoms with Crippen LogP contribution >= 0.6 is 0 Å². The Bertz CT molecular complexity index is 864. The molecule has 7 heteroatoms. The molecule has 0 amide bonds. The number of methoxy groups -OCH3 is 1. The maximum absolute atomic E-state index is 12.7. The third-order valence-electron chi connectivity index (χ3n) is 4.68. The van der Waals surface area contributed by atoms with Crippen molar-refractivity contribution in [2.24, 2.45) is 4.99 Å². The number of carbonyl (C=O) groups excluding carboxylic acids is 1. The molecule has 2 atom stereocenters. The van der Waals surface area contributed by atoms with Crippen LogP contribution in [-0.4, -0.2) is 42.6 Å². The highest BCUT2D eigenvalue weighted by Gasteiger charge is 2.54. The second-order valence-electron chi connectivity index (χ2n) is 6.47. The second-order valence-corrected chi connectivity index (χ2v) is 6.47. The minimum absolute atomic E-state index is 0.115. The van der Waals surface area contributed by atoms with Crippen molar-refractivity contribution < 1.29 is 19.2 Å². The highest BCUT2D eigenvalue weighted by molar-refractivity contribution is 5.99. The summed E-state index contributed by atoms with van der Waals surface area (Å²) in [5.41, 5.74) is 0.848. The average molecular weight is 368 g/mol. The van der Waals surface area contributed by atoms with E-state index < -0.39 is 28.9 Å². The molecule has 0 unspecified atom stereocenters. The van der Waals surface area contributed by atoms with E-state index in [4.69, 9.17) is 9.47 Å². The fourth-order valence-corrected chi connectivity index (χ4v) is 3.23. The Balaban J connectivity index is 2.11. The molecule has 2 aromatic carbocycles. The van der Waals surface area contributed by atoms with Gasteiger partial charge in [-0.15, -0.1) is 0 Å². The van der Waals surface area contributed by atoms with Crippen LogP contribution in [-0.2, 0) is 14.3 Å². The van der Waals surface area contributed by atoms with Crippen molar-refractivity contribution >= 4 is 11.9 Å². The molecule has 140 valence electrons. The summed E-state index contributed by atoms with van der Waals surface area (Å²) in [6, 6.07) is 16.4. The van der Waals surface area contributed by atoms with Crippen LogP contribution < -0.4 is 0 Å². The molecule has 1 aliphatic heterocycles. The summed E-state index contributed by atoms with van der Waals surface area (Å²) < 4.78 is 10.7. The largest absolute Gasteiger partial charge is 0.474 e. The van der Waals surface area contributed by atoms with E-state index in [9.17, 15) is 14.9 Å².